The minimum absolute atomic E-state index is 0.00244. The first-order chi connectivity index (χ1) is 30.2. The van der Waals surface area contributed by atoms with Gasteiger partial charge in [0.2, 0.25) is 43.7 Å². The van der Waals surface area contributed by atoms with Gasteiger partial charge in [-0.15, -0.1) is 4.33 Å². The molecule has 0 fully saturated rings. The molecule has 4 amide bonds. The SMILES string of the molecule is C=C(C)C(=O)NCCCNC(=O)C(CSOOO)NS(=O)(=O)c1cc(S(=O)(=O)NC(CS(=O)(=O)O)C(=O)NCCCNC(=O)C(=C)C)c2ccc3c(O)cc(S(=O)(=O)O)c4ccc1c2c34. The number of sulfonamides is 2. The van der Waals surface area contributed by atoms with Crippen molar-refractivity contribution in [3.63, 3.8) is 0 Å². The molecular formula is C36H44N6O18S5. The number of hydrogen-bond donors (Lipinski definition) is 10. The number of carbonyl (C=O) groups excluding carboxylic acids is 4. The van der Waals surface area contributed by atoms with Crippen molar-refractivity contribution in [2.75, 3.05) is 37.7 Å². The van der Waals surface area contributed by atoms with Gasteiger partial charge < -0.3 is 26.4 Å². The number of nitrogens with one attached hydrogen (secondary N) is 6. The van der Waals surface area contributed by atoms with Gasteiger partial charge in [0.05, 0.1) is 9.79 Å². The lowest BCUT2D eigenvalue weighted by Gasteiger charge is -2.22. The molecule has 0 aliphatic carbocycles. The molecule has 0 radical (unpaired) electrons. The van der Waals surface area contributed by atoms with Gasteiger partial charge in [-0.1, -0.05) is 36.4 Å². The fourth-order valence-electron chi connectivity index (χ4n) is 6.25. The summed E-state index contributed by atoms with van der Waals surface area (Å²) in [6.07, 6.45) is 0.210. The lowest BCUT2D eigenvalue weighted by molar-refractivity contribution is -0.432. The average Bonchev–Trinajstić information content (AvgIpc) is 3.20. The summed E-state index contributed by atoms with van der Waals surface area (Å²) in [5, 5.41) is 31.0. The minimum Gasteiger partial charge on any atom is -0.507 e. The first kappa shape index (κ1) is 52.6. The quantitative estimate of drug-likeness (QED) is 0.00805. The molecule has 0 aliphatic heterocycles. The van der Waals surface area contributed by atoms with Crippen LogP contribution in [0.15, 0.2) is 75.4 Å². The molecule has 2 atom stereocenters. The Morgan fingerprint density at radius 1 is 0.646 bits per heavy atom. The summed E-state index contributed by atoms with van der Waals surface area (Å²) in [6, 6.07) is 1.54. The van der Waals surface area contributed by atoms with Gasteiger partial charge >= 0.3 is 0 Å². The van der Waals surface area contributed by atoms with Crippen LogP contribution in [0.4, 0.5) is 0 Å². The lowest BCUT2D eigenvalue weighted by Crippen LogP contribution is -2.50. The van der Waals surface area contributed by atoms with Crippen LogP contribution in [0.1, 0.15) is 26.7 Å². The Balaban J connectivity index is 1.88. The van der Waals surface area contributed by atoms with E-state index in [-0.39, 0.29) is 89.1 Å². The summed E-state index contributed by atoms with van der Waals surface area (Å²) in [7, 11) is -20.8. The number of hydrogen-bond acceptors (Lipinski definition) is 17. The maximum Gasteiger partial charge on any atom is 0.295 e. The molecule has 24 nitrogen and oxygen atoms in total. The Morgan fingerprint density at radius 3 is 1.51 bits per heavy atom. The van der Waals surface area contributed by atoms with Gasteiger partial charge in [0.1, 0.15) is 28.5 Å². The zero-order chi connectivity index (χ0) is 48.7. The van der Waals surface area contributed by atoms with Gasteiger partial charge in [0.15, 0.2) is 0 Å². The van der Waals surface area contributed by atoms with Crippen LogP contribution in [0.25, 0.3) is 32.3 Å². The summed E-state index contributed by atoms with van der Waals surface area (Å²) in [4.78, 5) is 47.5. The average molecular weight is 1010 g/mol. The molecule has 0 aliphatic rings. The van der Waals surface area contributed by atoms with Crippen LogP contribution < -0.4 is 30.7 Å². The first-order valence-electron chi connectivity index (χ1n) is 18.7. The van der Waals surface area contributed by atoms with E-state index in [0.29, 0.717) is 12.1 Å². The molecule has 356 valence electrons. The number of amides is 4. The second kappa shape index (κ2) is 21.5. The van der Waals surface area contributed by atoms with E-state index in [1.54, 1.807) is 0 Å². The van der Waals surface area contributed by atoms with Crippen molar-refractivity contribution >= 4 is 108 Å². The lowest BCUT2D eigenvalue weighted by atomic mass is 9.94. The fourth-order valence-corrected chi connectivity index (χ4v) is 11.2. The minimum atomic E-state index is -5.34. The molecule has 4 aromatic carbocycles. The van der Waals surface area contributed by atoms with E-state index in [1.165, 1.54) is 13.8 Å². The zero-order valence-electron chi connectivity index (χ0n) is 34.2. The molecule has 2 unspecified atom stereocenters. The number of benzene rings is 4. The molecule has 0 heterocycles. The molecule has 29 heteroatoms. The van der Waals surface area contributed by atoms with E-state index in [1.807, 2.05) is 4.72 Å². The van der Waals surface area contributed by atoms with Gasteiger partial charge in [0.25, 0.3) is 20.2 Å². The van der Waals surface area contributed by atoms with Gasteiger partial charge in [-0.05, 0) is 38.8 Å². The third-order valence-corrected chi connectivity index (χ3v) is 14.5. The van der Waals surface area contributed by atoms with Crippen molar-refractivity contribution in [2.24, 2.45) is 0 Å². The van der Waals surface area contributed by atoms with Crippen molar-refractivity contribution in [2.45, 2.75) is 53.5 Å². The first-order valence-corrected chi connectivity index (χ1v) is 25.6. The maximum absolute atomic E-state index is 14.5. The predicted octanol–water partition coefficient (Wildman–Crippen LogP) is 0.185. The van der Waals surface area contributed by atoms with Gasteiger partial charge in [0, 0.05) is 93.5 Å². The maximum atomic E-state index is 14.5. The Hall–Kier alpha value is -5.05. The van der Waals surface area contributed by atoms with E-state index >= 15 is 0 Å². The molecule has 10 N–H and O–H groups in total. The molecule has 0 spiro atoms. The van der Waals surface area contributed by atoms with Crippen molar-refractivity contribution in [1.82, 2.24) is 30.7 Å². The van der Waals surface area contributed by atoms with Crippen LogP contribution in [-0.4, -0.2) is 127 Å². The summed E-state index contributed by atoms with van der Waals surface area (Å²) < 4.78 is 135. The molecule has 0 bridgehead atoms. The van der Waals surface area contributed by atoms with Crippen LogP contribution in [0, 0.1) is 0 Å². The molecule has 0 saturated heterocycles. The van der Waals surface area contributed by atoms with Crippen molar-refractivity contribution in [1.29, 1.82) is 0 Å². The number of rotatable bonds is 25. The Labute approximate surface area is 376 Å². The summed E-state index contributed by atoms with van der Waals surface area (Å²) in [6.45, 7) is 9.61. The van der Waals surface area contributed by atoms with E-state index < -0.39 is 113 Å². The molecule has 65 heavy (non-hydrogen) atoms. The number of carbonyl (C=O) groups is 4. The smallest absolute Gasteiger partial charge is 0.295 e. The van der Waals surface area contributed by atoms with Crippen LogP contribution in [-0.2, 0) is 68.8 Å². The molecule has 0 saturated carbocycles. The van der Waals surface area contributed by atoms with Gasteiger partial charge in [-0.25, -0.2) is 22.1 Å². The van der Waals surface area contributed by atoms with Crippen molar-refractivity contribution in [3.8, 4) is 5.75 Å². The van der Waals surface area contributed by atoms with E-state index in [0.717, 1.165) is 24.3 Å². The highest BCUT2D eigenvalue weighted by atomic mass is 32.2. The molecule has 4 rings (SSSR count). The Morgan fingerprint density at radius 2 is 1.06 bits per heavy atom. The third-order valence-electron chi connectivity index (χ3n) is 9.19. The highest BCUT2D eigenvalue weighted by Crippen LogP contribution is 2.45. The van der Waals surface area contributed by atoms with E-state index in [2.05, 4.69) is 48.5 Å². The van der Waals surface area contributed by atoms with Gasteiger partial charge in [-0.3, -0.25) is 28.3 Å². The number of aromatic hydroxyl groups is 1. The fraction of sp³-hybridized carbons (Fsp3) is 0.333. The highest BCUT2D eigenvalue weighted by molar-refractivity contribution is 7.94. The van der Waals surface area contributed by atoms with Gasteiger partial charge in [-0.2, -0.15) is 26.3 Å². The summed E-state index contributed by atoms with van der Waals surface area (Å²) in [5.74, 6) is -6.14. The zero-order valence-corrected chi connectivity index (χ0v) is 38.3. The second-order valence-corrected chi connectivity index (χ2v) is 21.2. The molecule has 0 aromatic heterocycles. The highest BCUT2D eigenvalue weighted by Gasteiger charge is 2.35. The van der Waals surface area contributed by atoms with Crippen molar-refractivity contribution in [3.05, 3.63) is 60.7 Å². The second-order valence-electron chi connectivity index (χ2n) is 14.2. The molecule has 4 aromatic rings. The largest absolute Gasteiger partial charge is 0.507 e. The third kappa shape index (κ3) is 13.5. The Kier molecular flexibility index (Phi) is 17.4. The summed E-state index contributed by atoms with van der Waals surface area (Å²) >= 11 is 0.253. The normalized spacial score (nSPS) is 13.4. The van der Waals surface area contributed by atoms with Crippen LogP contribution in [0.2, 0.25) is 0 Å². The number of phenols is 1. The van der Waals surface area contributed by atoms with Crippen molar-refractivity contribution < 1.29 is 81.7 Å². The number of phenolic OH excluding ortho intramolecular Hbond substituents is 1. The molecular weight excluding hydrogens is 965 g/mol. The Bertz CT molecular complexity index is 2980. The standard InChI is InChI=1S/C36H44N6O18S5/c1-19(2)33(44)37-11-5-13-39-35(46)25(17-61-60-59-48)41-63(52,53)28-16-29(22-8-7-21-27(43)15-30(65(56,57)58)24-10-9-23(28)32(22)31(21)24)64(54,55)42-26(18-62(49,50)51)36(47)40-14-6-12-38-34(45)20(3)4/h7-10,15-16,25-26,41-43,48H,1,3,5-6,11-14,17-18H2,2,4H3,(H,37,44)(H,38,45)(H,39,46)(H,40,47)(H,49,50,51)(H,56,57,58). The monoisotopic (exact) mass is 1010 g/mol. The summed E-state index contributed by atoms with van der Waals surface area (Å²) in [5.41, 5.74) is 0.409. The van der Waals surface area contributed by atoms with E-state index in [9.17, 15) is 67.1 Å². The van der Waals surface area contributed by atoms with Crippen LogP contribution in [0.3, 0.4) is 0 Å². The van der Waals surface area contributed by atoms with E-state index in [4.69, 9.17) is 5.26 Å². The van der Waals surface area contributed by atoms with Crippen LogP contribution in [0.5, 0.6) is 5.75 Å². The topological polar surface area (TPSA) is 376 Å². The van der Waals surface area contributed by atoms with Crippen LogP contribution >= 0.6 is 12.0 Å². The predicted molar refractivity (Wildman–Crippen MR) is 234 cm³/mol.